The molecule has 0 fully saturated rings. The largest absolute Gasteiger partial charge is 0.398 e. The van der Waals surface area contributed by atoms with Gasteiger partial charge in [-0.15, -0.1) is 0 Å². The van der Waals surface area contributed by atoms with Crippen LogP contribution in [0.2, 0.25) is 0 Å². The number of anilines is 1. The Hall–Kier alpha value is -1.91. The first-order chi connectivity index (χ1) is 9.70. The molecule has 0 aliphatic carbocycles. The summed E-state index contributed by atoms with van der Waals surface area (Å²) in [5, 5.41) is 0. The van der Waals surface area contributed by atoms with Crippen LogP contribution in [0.4, 0.5) is 10.1 Å². The molecule has 0 aromatic heterocycles. The molecular formula is C16H20FN3. The first-order valence-electron chi connectivity index (χ1n) is 6.75. The van der Waals surface area contributed by atoms with Gasteiger partial charge < -0.3 is 5.73 Å². The average molecular weight is 273 g/mol. The Kier molecular flexibility index (Phi) is 5.09. The van der Waals surface area contributed by atoms with Crippen molar-refractivity contribution in [3.05, 3.63) is 65.5 Å². The molecule has 1 atom stereocenters. The molecule has 0 radical (unpaired) electrons. The minimum absolute atomic E-state index is 0.130. The summed E-state index contributed by atoms with van der Waals surface area (Å²) in [7, 11) is 0. The molecule has 4 heteroatoms. The van der Waals surface area contributed by atoms with Crippen molar-refractivity contribution in [1.82, 2.24) is 5.43 Å². The fraction of sp³-hybridized carbons (Fsp3) is 0.250. The molecule has 3 nitrogen and oxygen atoms in total. The molecule has 0 spiro atoms. The molecule has 0 bridgehead atoms. The summed E-state index contributed by atoms with van der Waals surface area (Å²) in [5.74, 6) is 5.28. The fourth-order valence-electron chi connectivity index (χ4n) is 2.33. The van der Waals surface area contributed by atoms with Crippen LogP contribution in [0.1, 0.15) is 30.0 Å². The van der Waals surface area contributed by atoms with Crippen molar-refractivity contribution in [3.8, 4) is 0 Å². The second-order valence-electron chi connectivity index (χ2n) is 4.87. The number of aryl methyl sites for hydroxylation is 1. The van der Waals surface area contributed by atoms with Crippen molar-refractivity contribution in [2.45, 2.75) is 25.3 Å². The van der Waals surface area contributed by atoms with E-state index in [1.165, 1.54) is 17.7 Å². The minimum Gasteiger partial charge on any atom is -0.398 e. The lowest BCUT2D eigenvalue weighted by Gasteiger charge is -2.18. The highest BCUT2D eigenvalue weighted by Crippen LogP contribution is 2.25. The molecule has 2 rings (SSSR count). The Morgan fingerprint density at radius 3 is 2.55 bits per heavy atom. The minimum atomic E-state index is -0.294. The smallest absolute Gasteiger partial charge is 0.123 e. The van der Waals surface area contributed by atoms with Crippen molar-refractivity contribution in [2.75, 3.05) is 5.73 Å². The van der Waals surface area contributed by atoms with Crippen molar-refractivity contribution < 1.29 is 4.39 Å². The quantitative estimate of drug-likeness (QED) is 0.431. The number of benzene rings is 2. The molecule has 5 N–H and O–H groups in total. The average Bonchev–Trinajstić information content (AvgIpc) is 2.48. The second kappa shape index (κ2) is 7.03. The van der Waals surface area contributed by atoms with Gasteiger partial charge in [0, 0.05) is 11.7 Å². The zero-order valence-electron chi connectivity index (χ0n) is 11.4. The third kappa shape index (κ3) is 3.79. The van der Waals surface area contributed by atoms with Crippen LogP contribution in [-0.4, -0.2) is 0 Å². The maximum Gasteiger partial charge on any atom is 0.123 e. The highest BCUT2D eigenvalue weighted by molar-refractivity contribution is 5.48. The summed E-state index contributed by atoms with van der Waals surface area (Å²) >= 11 is 0. The maximum absolute atomic E-state index is 13.3. The van der Waals surface area contributed by atoms with Crippen LogP contribution in [0, 0.1) is 5.82 Å². The van der Waals surface area contributed by atoms with Crippen molar-refractivity contribution in [3.63, 3.8) is 0 Å². The Morgan fingerprint density at radius 1 is 1.10 bits per heavy atom. The van der Waals surface area contributed by atoms with E-state index in [1.54, 1.807) is 6.07 Å². The van der Waals surface area contributed by atoms with E-state index in [0.29, 0.717) is 5.69 Å². The zero-order valence-corrected chi connectivity index (χ0v) is 11.4. The van der Waals surface area contributed by atoms with E-state index in [9.17, 15) is 4.39 Å². The van der Waals surface area contributed by atoms with Gasteiger partial charge >= 0.3 is 0 Å². The Morgan fingerprint density at radius 2 is 1.85 bits per heavy atom. The molecule has 20 heavy (non-hydrogen) atoms. The van der Waals surface area contributed by atoms with Crippen LogP contribution in [0.5, 0.6) is 0 Å². The summed E-state index contributed by atoms with van der Waals surface area (Å²) in [6, 6.07) is 14.5. The highest BCUT2D eigenvalue weighted by Gasteiger charge is 2.13. The molecule has 2 aromatic rings. The molecule has 1 unspecified atom stereocenters. The summed E-state index contributed by atoms with van der Waals surface area (Å²) in [6.07, 6.45) is 2.72. The third-order valence-electron chi connectivity index (χ3n) is 3.43. The molecule has 0 saturated carbocycles. The number of hydrogen-bond acceptors (Lipinski definition) is 3. The monoisotopic (exact) mass is 273 g/mol. The molecule has 0 aliphatic rings. The van der Waals surface area contributed by atoms with Crippen molar-refractivity contribution in [2.24, 2.45) is 5.84 Å². The van der Waals surface area contributed by atoms with E-state index >= 15 is 0 Å². The number of halogens is 1. The van der Waals surface area contributed by atoms with Gasteiger partial charge in [0.25, 0.3) is 0 Å². The first kappa shape index (κ1) is 14.5. The van der Waals surface area contributed by atoms with E-state index in [1.807, 2.05) is 18.2 Å². The number of nitrogen functional groups attached to an aromatic ring is 1. The van der Waals surface area contributed by atoms with Crippen LogP contribution in [0.3, 0.4) is 0 Å². The lowest BCUT2D eigenvalue weighted by atomic mass is 9.98. The van der Waals surface area contributed by atoms with Crippen LogP contribution < -0.4 is 17.0 Å². The summed E-state index contributed by atoms with van der Waals surface area (Å²) in [4.78, 5) is 0. The van der Waals surface area contributed by atoms with Crippen LogP contribution >= 0.6 is 0 Å². The predicted octanol–water partition coefficient (Wildman–Crippen LogP) is 2.94. The van der Waals surface area contributed by atoms with Gasteiger partial charge in [-0.3, -0.25) is 11.3 Å². The molecule has 0 amide bonds. The molecule has 0 saturated heterocycles. The Labute approximate surface area is 118 Å². The van der Waals surface area contributed by atoms with Gasteiger partial charge in [0.05, 0.1) is 0 Å². The highest BCUT2D eigenvalue weighted by atomic mass is 19.1. The van der Waals surface area contributed by atoms with Gasteiger partial charge in [-0.1, -0.05) is 30.3 Å². The SMILES string of the molecule is NNC(CCCc1ccccc1)c1cc(F)ccc1N. The maximum atomic E-state index is 13.3. The molecular weight excluding hydrogens is 253 g/mol. The molecule has 0 aliphatic heterocycles. The molecule has 0 heterocycles. The Bertz CT molecular complexity index is 543. The van der Waals surface area contributed by atoms with E-state index in [-0.39, 0.29) is 11.9 Å². The lowest BCUT2D eigenvalue weighted by molar-refractivity contribution is 0.496. The number of rotatable bonds is 6. The fourth-order valence-corrected chi connectivity index (χ4v) is 2.33. The van der Waals surface area contributed by atoms with Gasteiger partial charge in [0.2, 0.25) is 0 Å². The number of hydrogen-bond donors (Lipinski definition) is 3. The Balaban J connectivity index is 1.97. The standard InChI is InChI=1S/C16H20FN3/c17-13-9-10-15(18)14(11-13)16(20-19)8-4-7-12-5-2-1-3-6-12/h1-3,5-6,9-11,16,20H,4,7-8,18-19H2. The predicted molar refractivity (Wildman–Crippen MR) is 80.3 cm³/mol. The van der Waals surface area contributed by atoms with E-state index in [4.69, 9.17) is 11.6 Å². The van der Waals surface area contributed by atoms with Gasteiger partial charge in [-0.05, 0) is 48.6 Å². The van der Waals surface area contributed by atoms with Crippen LogP contribution in [-0.2, 0) is 6.42 Å². The van der Waals surface area contributed by atoms with Gasteiger partial charge in [0.15, 0.2) is 0 Å². The van der Waals surface area contributed by atoms with Gasteiger partial charge in [-0.25, -0.2) is 4.39 Å². The summed E-state index contributed by atoms with van der Waals surface area (Å²) < 4.78 is 13.3. The van der Waals surface area contributed by atoms with Crippen LogP contribution in [0.25, 0.3) is 0 Å². The summed E-state index contributed by atoms with van der Waals surface area (Å²) in [5.41, 5.74) is 11.2. The zero-order chi connectivity index (χ0) is 14.4. The van der Waals surface area contributed by atoms with Crippen molar-refractivity contribution >= 4 is 5.69 Å². The lowest BCUT2D eigenvalue weighted by Crippen LogP contribution is -2.28. The van der Waals surface area contributed by atoms with E-state index in [0.717, 1.165) is 24.8 Å². The first-order valence-corrected chi connectivity index (χ1v) is 6.75. The number of nitrogens with two attached hydrogens (primary N) is 2. The number of nitrogens with one attached hydrogen (secondary N) is 1. The van der Waals surface area contributed by atoms with Gasteiger partial charge in [-0.2, -0.15) is 0 Å². The van der Waals surface area contributed by atoms with Crippen LogP contribution in [0.15, 0.2) is 48.5 Å². The third-order valence-corrected chi connectivity index (χ3v) is 3.43. The summed E-state index contributed by atoms with van der Waals surface area (Å²) in [6.45, 7) is 0. The van der Waals surface area contributed by atoms with E-state index in [2.05, 4.69) is 17.6 Å². The second-order valence-corrected chi connectivity index (χ2v) is 4.87. The normalized spacial score (nSPS) is 12.3. The van der Waals surface area contributed by atoms with Crippen molar-refractivity contribution in [1.29, 1.82) is 0 Å². The molecule has 2 aromatic carbocycles. The van der Waals surface area contributed by atoms with E-state index < -0.39 is 0 Å². The van der Waals surface area contributed by atoms with Gasteiger partial charge in [0.1, 0.15) is 5.82 Å². The number of hydrazine groups is 1. The topological polar surface area (TPSA) is 64.1 Å². The molecule has 106 valence electrons.